The minimum Gasteiger partial charge on any atom is -0.497 e. The molecule has 0 aliphatic rings. The Morgan fingerprint density at radius 3 is 2.55 bits per heavy atom. The lowest BCUT2D eigenvalue weighted by molar-refractivity contribution is -0.117. The lowest BCUT2D eigenvalue weighted by Gasteiger charge is -2.07. The number of ether oxygens (including phenoxy) is 1. The predicted molar refractivity (Wildman–Crippen MR) is 78.0 cm³/mol. The summed E-state index contributed by atoms with van der Waals surface area (Å²) in [6.07, 6.45) is 0.421. The summed E-state index contributed by atoms with van der Waals surface area (Å²) in [5.74, 6) is -0.783. The molecule has 22 heavy (non-hydrogen) atoms. The maximum atomic E-state index is 12.0. The number of methoxy groups -OCH3 is 1. The van der Waals surface area contributed by atoms with Gasteiger partial charge in [0.05, 0.1) is 12.8 Å². The van der Waals surface area contributed by atoms with Crippen molar-refractivity contribution in [1.82, 2.24) is 15.0 Å². The summed E-state index contributed by atoms with van der Waals surface area (Å²) in [6, 6.07) is 6.87. The molecular weight excluding hydrogens is 288 g/mol. The number of benzene rings is 1. The second kappa shape index (κ2) is 6.70. The van der Waals surface area contributed by atoms with E-state index in [1.807, 2.05) is 0 Å². The van der Waals surface area contributed by atoms with E-state index in [9.17, 15) is 9.59 Å². The average molecular weight is 304 g/mol. The van der Waals surface area contributed by atoms with Gasteiger partial charge < -0.3 is 15.2 Å². The van der Waals surface area contributed by atoms with Gasteiger partial charge in [-0.2, -0.15) is 0 Å². The van der Waals surface area contributed by atoms with Gasteiger partial charge in [0.2, 0.25) is 5.91 Å². The Labute approximate surface area is 126 Å². The number of carboxylic acids is 1. The zero-order valence-corrected chi connectivity index (χ0v) is 12.2. The molecule has 0 aliphatic carbocycles. The monoisotopic (exact) mass is 304 g/mol. The molecule has 0 saturated heterocycles. The van der Waals surface area contributed by atoms with E-state index >= 15 is 0 Å². The molecule has 1 heterocycles. The molecular formula is C14H16N4O4. The van der Waals surface area contributed by atoms with Crippen molar-refractivity contribution in [3.63, 3.8) is 0 Å². The summed E-state index contributed by atoms with van der Waals surface area (Å²) in [6.45, 7) is 1.68. The Bertz CT molecular complexity index is 679. The summed E-state index contributed by atoms with van der Waals surface area (Å²) >= 11 is 0. The van der Waals surface area contributed by atoms with E-state index in [0.717, 1.165) is 0 Å². The summed E-state index contributed by atoms with van der Waals surface area (Å²) < 4.78 is 6.33. The van der Waals surface area contributed by atoms with E-state index in [1.165, 1.54) is 4.68 Å². The molecule has 0 radical (unpaired) electrons. The van der Waals surface area contributed by atoms with Crippen LogP contribution >= 0.6 is 0 Å². The van der Waals surface area contributed by atoms with Crippen LogP contribution in [0.3, 0.4) is 0 Å². The molecule has 0 aliphatic heterocycles. The summed E-state index contributed by atoms with van der Waals surface area (Å²) in [5.41, 5.74) is 0.902. The summed E-state index contributed by atoms with van der Waals surface area (Å²) in [5, 5.41) is 19.0. The van der Waals surface area contributed by atoms with Gasteiger partial charge in [-0.05, 0) is 30.7 Å². The standard InChI is InChI=1S/C14H16N4O4/c1-3-11-13(14(20)21)16-17-18(11)8-12(19)15-9-4-6-10(22-2)7-5-9/h4-7H,3,8H2,1-2H3,(H,15,19)(H,20,21). The zero-order chi connectivity index (χ0) is 16.1. The Kier molecular flexibility index (Phi) is 4.72. The molecule has 0 saturated carbocycles. The lowest BCUT2D eigenvalue weighted by atomic mass is 10.2. The maximum absolute atomic E-state index is 12.0. The number of aromatic carboxylic acids is 1. The molecule has 8 nitrogen and oxygen atoms in total. The molecule has 1 aromatic carbocycles. The second-order valence-electron chi connectivity index (χ2n) is 4.48. The van der Waals surface area contributed by atoms with Crippen LogP contribution in [0.5, 0.6) is 5.75 Å². The summed E-state index contributed by atoms with van der Waals surface area (Å²) in [4.78, 5) is 23.0. The van der Waals surface area contributed by atoms with E-state index < -0.39 is 5.97 Å². The van der Waals surface area contributed by atoms with Crippen molar-refractivity contribution >= 4 is 17.6 Å². The molecule has 1 amide bonds. The number of amides is 1. The molecule has 0 unspecified atom stereocenters. The Morgan fingerprint density at radius 1 is 1.32 bits per heavy atom. The van der Waals surface area contributed by atoms with Crippen LogP contribution in [-0.4, -0.2) is 39.1 Å². The fourth-order valence-corrected chi connectivity index (χ4v) is 1.99. The minimum atomic E-state index is -1.15. The number of nitrogens with zero attached hydrogens (tertiary/aromatic N) is 3. The molecule has 2 N–H and O–H groups in total. The second-order valence-corrected chi connectivity index (χ2v) is 4.48. The van der Waals surface area contributed by atoms with E-state index in [1.54, 1.807) is 38.3 Å². The van der Waals surface area contributed by atoms with Crippen LogP contribution in [0, 0.1) is 0 Å². The van der Waals surface area contributed by atoms with Crippen LogP contribution in [0.1, 0.15) is 23.1 Å². The lowest BCUT2D eigenvalue weighted by Crippen LogP contribution is -2.21. The van der Waals surface area contributed by atoms with Gasteiger partial charge in [0, 0.05) is 5.69 Å². The Hall–Kier alpha value is -2.90. The third kappa shape index (κ3) is 3.40. The first-order valence-corrected chi connectivity index (χ1v) is 6.64. The Morgan fingerprint density at radius 2 is 2.00 bits per heavy atom. The van der Waals surface area contributed by atoms with Crippen LogP contribution in [0.2, 0.25) is 0 Å². The van der Waals surface area contributed by atoms with E-state index in [0.29, 0.717) is 23.6 Å². The molecule has 0 fully saturated rings. The Balaban J connectivity index is 2.07. The van der Waals surface area contributed by atoms with Crippen molar-refractivity contribution in [1.29, 1.82) is 0 Å². The average Bonchev–Trinajstić information content (AvgIpc) is 2.90. The third-order valence-corrected chi connectivity index (χ3v) is 3.04. The quantitative estimate of drug-likeness (QED) is 0.830. The van der Waals surface area contributed by atoms with Crippen LogP contribution in [0.4, 0.5) is 5.69 Å². The largest absolute Gasteiger partial charge is 0.497 e. The fraction of sp³-hybridized carbons (Fsp3) is 0.286. The number of nitrogens with one attached hydrogen (secondary N) is 1. The number of carboxylic acid groups (broad SMARTS) is 1. The van der Waals surface area contributed by atoms with Crippen LogP contribution < -0.4 is 10.1 Å². The zero-order valence-electron chi connectivity index (χ0n) is 12.2. The number of carbonyl (C=O) groups excluding carboxylic acids is 1. The van der Waals surface area contributed by atoms with Crippen molar-refractivity contribution < 1.29 is 19.4 Å². The van der Waals surface area contributed by atoms with Crippen molar-refractivity contribution in [2.45, 2.75) is 19.9 Å². The molecule has 0 atom stereocenters. The smallest absolute Gasteiger partial charge is 0.358 e. The van der Waals surface area contributed by atoms with Gasteiger partial charge in [-0.1, -0.05) is 12.1 Å². The molecule has 2 aromatic rings. The fourth-order valence-electron chi connectivity index (χ4n) is 1.99. The number of carbonyl (C=O) groups is 2. The third-order valence-electron chi connectivity index (χ3n) is 3.04. The van der Waals surface area contributed by atoms with Crippen molar-refractivity contribution in [2.75, 3.05) is 12.4 Å². The molecule has 0 spiro atoms. The highest BCUT2D eigenvalue weighted by atomic mass is 16.5. The van der Waals surface area contributed by atoms with E-state index in [-0.39, 0.29) is 18.1 Å². The van der Waals surface area contributed by atoms with Gasteiger partial charge in [-0.3, -0.25) is 4.79 Å². The number of rotatable bonds is 6. The van der Waals surface area contributed by atoms with Gasteiger partial charge in [-0.15, -0.1) is 5.10 Å². The molecule has 116 valence electrons. The molecule has 1 aromatic heterocycles. The van der Waals surface area contributed by atoms with Crippen LogP contribution in [0.15, 0.2) is 24.3 Å². The highest BCUT2D eigenvalue weighted by molar-refractivity contribution is 5.91. The van der Waals surface area contributed by atoms with Gasteiger partial charge >= 0.3 is 5.97 Å². The van der Waals surface area contributed by atoms with Crippen molar-refractivity contribution in [2.24, 2.45) is 0 Å². The molecule has 0 bridgehead atoms. The number of anilines is 1. The van der Waals surface area contributed by atoms with Gasteiger partial charge in [0.25, 0.3) is 0 Å². The number of aromatic nitrogens is 3. The first-order chi connectivity index (χ1) is 10.5. The first kappa shape index (κ1) is 15.5. The van der Waals surface area contributed by atoms with Crippen molar-refractivity contribution in [3.8, 4) is 5.75 Å². The summed E-state index contributed by atoms with van der Waals surface area (Å²) in [7, 11) is 1.56. The van der Waals surface area contributed by atoms with Gasteiger partial charge in [0.1, 0.15) is 12.3 Å². The highest BCUT2D eigenvalue weighted by Gasteiger charge is 2.18. The topological polar surface area (TPSA) is 106 Å². The predicted octanol–water partition coefficient (Wildman–Crippen LogP) is 1.19. The molecule has 2 rings (SSSR count). The maximum Gasteiger partial charge on any atom is 0.358 e. The van der Waals surface area contributed by atoms with Gasteiger partial charge in [-0.25, -0.2) is 9.48 Å². The first-order valence-electron chi connectivity index (χ1n) is 6.64. The van der Waals surface area contributed by atoms with E-state index in [4.69, 9.17) is 9.84 Å². The van der Waals surface area contributed by atoms with E-state index in [2.05, 4.69) is 15.6 Å². The van der Waals surface area contributed by atoms with Crippen LogP contribution in [0.25, 0.3) is 0 Å². The van der Waals surface area contributed by atoms with Gasteiger partial charge in [0.15, 0.2) is 5.69 Å². The molecule has 8 heteroatoms. The number of hydrogen-bond acceptors (Lipinski definition) is 5. The van der Waals surface area contributed by atoms with Crippen LogP contribution in [-0.2, 0) is 17.8 Å². The highest BCUT2D eigenvalue weighted by Crippen LogP contribution is 2.15. The number of hydrogen-bond donors (Lipinski definition) is 2. The normalized spacial score (nSPS) is 10.3. The SMILES string of the molecule is CCc1c(C(=O)O)nnn1CC(=O)Nc1ccc(OC)cc1. The van der Waals surface area contributed by atoms with Crippen molar-refractivity contribution in [3.05, 3.63) is 35.7 Å². The minimum absolute atomic E-state index is 0.102.